The number of sulfonamides is 1. The van der Waals surface area contributed by atoms with Crippen molar-refractivity contribution in [2.75, 3.05) is 0 Å². The maximum Gasteiger partial charge on any atom is 0.265 e. The number of nitrogens with one attached hydrogen (secondary N) is 1. The van der Waals surface area contributed by atoms with Crippen molar-refractivity contribution >= 4 is 31.9 Å². The summed E-state index contributed by atoms with van der Waals surface area (Å²) in [6.45, 7) is 0. The number of hydrogen-bond donors (Lipinski definition) is 1. The van der Waals surface area contributed by atoms with Crippen LogP contribution < -0.4 is 4.72 Å². The zero-order valence-corrected chi connectivity index (χ0v) is 9.35. The fourth-order valence-electron chi connectivity index (χ4n) is 1.32. The molecule has 0 spiro atoms. The molecule has 0 radical (unpaired) electrons. The Morgan fingerprint density at radius 2 is 2.07 bits per heavy atom. The molecule has 1 heterocycles. The van der Waals surface area contributed by atoms with Gasteiger partial charge in [-0.1, -0.05) is 22.0 Å². The van der Waals surface area contributed by atoms with Crippen molar-refractivity contribution in [1.29, 1.82) is 0 Å². The molecule has 1 aliphatic rings. The van der Waals surface area contributed by atoms with Crippen LogP contribution in [0, 0.1) is 0 Å². The molecule has 1 amide bonds. The normalized spacial score (nSPS) is 18.5. The van der Waals surface area contributed by atoms with Crippen LogP contribution in [0.25, 0.3) is 0 Å². The lowest BCUT2D eigenvalue weighted by Crippen LogP contribution is -2.36. The molecule has 0 atom stereocenters. The van der Waals surface area contributed by atoms with Crippen LogP contribution in [0.3, 0.4) is 0 Å². The van der Waals surface area contributed by atoms with Crippen LogP contribution in [0.15, 0.2) is 22.7 Å². The quantitative estimate of drug-likeness (QED) is 0.769. The Balaban J connectivity index is 2.62. The number of amides is 1. The van der Waals surface area contributed by atoms with Crippen LogP contribution in [-0.4, -0.2) is 14.3 Å². The van der Waals surface area contributed by atoms with E-state index >= 15 is 0 Å². The third-order valence-electron chi connectivity index (χ3n) is 1.91. The standard InChI is InChI=1S/C8H6BrNO3S/c9-6-2-1-5-4-14(12,13)10-8(11)7(5)3-6/h1-3H,4H2,(H,10,11). The molecular formula is C8H6BrNO3S. The first-order chi connectivity index (χ1) is 6.48. The molecule has 1 N–H and O–H groups in total. The molecule has 1 aliphatic heterocycles. The van der Waals surface area contributed by atoms with Gasteiger partial charge in [-0.15, -0.1) is 0 Å². The molecule has 74 valence electrons. The van der Waals surface area contributed by atoms with Crippen LogP contribution in [0.1, 0.15) is 15.9 Å². The summed E-state index contributed by atoms with van der Waals surface area (Å²) in [6.07, 6.45) is 0. The van der Waals surface area contributed by atoms with E-state index in [1.54, 1.807) is 18.2 Å². The molecule has 6 heteroatoms. The highest BCUT2D eigenvalue weighted by Gasteiger charge is 2.26. The molecule has 0 fully saturated rings. The summed E-state index contributed by atoms with van der Waals surface area (Å²) in [6, 6.07) is 4.96. The molecule has 1 aromatic rings. The fraction of sp³-hybridized carbons (Fsp3) is 0.125. The maximum absolute atomic E-state index is 11.3. The SMILES string of the molecule is O=C1NS(=O)(=O)Cc2ccc(Br)cc21. The predicted octanol–water partition coefficient (Wildman–Crippen LogP) is 1.02. The molecule has 0 aliphatic carbocycles. The Morgan fingerprint density at radius 3 is 2.79 bits per heavy atom. The van der Waals surface area contributed by atoms with Gasteiger partial charge in [0.2, 0.25) is 10.0 Å². The summed E-state index contributed by atoms with van der Waals surface area (Å²) in [4.78, 5) is 11.3. The number of benzene rings is 1. The molecule has 0 unspecified atom stereocenters. The Labute approximate surface area is 89.5 Å². The van der Waals surface area contributed by atoms with E-state index in [2.05, 4.69) is 15.9 Å². The first-order valence-corrected chi connectivity index (χ1v) is 6.26. The topological polar surface area (TPSA) is 63.2 Å². The average Bonchev–Trinajstić information content (AvgIpc) is 2.05. The van der Waals surface area contributed by atoms with E-state index in [-0.39, 0.29) is 5.75 Å². The molecule has 2 rings (SSSR count). The van der Waals surface area contributed by atoms with E-state index in [0.29, 0.717) is 11.1 Å². The lowest BCUT2D eigenvalue weighted by atomic mass is 10.1. The van der Waals surface area contributed by atoms with Crippen molar-refractivity contribution in [3.8, 4) is 0 Å². The van der Waals surface area contributed by atoms with Crippen LogP contribution in [0.4, 0.5) is 0 Å². The van der Waals surface area contributed by atoms with Crippen molar-refractivity contribution < 1.29 is 13.2 Å². The summed E-state index contributed by atoms with van der Waals surface area (Å²) in [5.41, 5.74) is 0.950. The van der Waals surface area contributed by atoms with Crippen LogP contribution in [0.2, 0.25) is 0 Å². The highest BCUT2D eigenvalue weighted by Crippen LogP contribution is 2.21. The lowest BCUT2D eigenvalue weighted by molar-refractivity contribution is 0.0978. The van der Waals surface area contributed by atoms with Gasteiger partial charge in [0.05, 0.1) is 5.75 Å². The number of fused-ring (bicyclic) bond motifs is 1. The van der Waals surface area contributed by atoms with Crippen LogP contribution in [0.5, 0.6) is 0 Å². The van der Waals surface area contributed by atoms with Crippen LogP contribution in [-0.2, 0) is 15.8 Å². The Morgan fingerprint density at radius 1 is 1.36 bits per heavy atom. The summed E-state index contributed by atoms with van der Waals surface area (Å²) >= 11 is 3.22. The van der Waals surface area contributed by atoms with E-state index in [0.717, 1.165) is 4.47 Å². The second-order valence-corrected chi connectivity index (χ2v) is 5.63. The minimum absolute atomic E-state index is 0.138. The van der Waals surface area contributed by atoms with Gasteiger partial charge in [-0.25, -0.2) is 13.1 Å². The Kier molecular flexibility index (Phi) is 2.11. The first kappa shape index (κ1) is 9.67. The van der Waals surface area contributed by atoms with Gasteiger partial charge in [0.15, 0.2) is 0 Å². The third-order valence-corrected chi connectivity index (χ3v) is 3.59. The van der Waals surface area contributed by atoms with Gasteiger partial charge in [-0.2, -0.15) is 0 Å². The van der Waals surface area contributed by atoms with E-state index in [1.807, 2.05) is 4.72 Å². The average molecular weight is 276 g/mol. The van der Waals surface area contributed by atoms with E-state index < -0.39 is 15.9 Å². The number of halogens is 1. The molecule has 0 bridgehead atoms. The molecule has 14 heavy (non-hydrogen) atoms. The predicted molar refractivity (Wildman–Crippen MR) is 54.2 cm³/mol. The van der Waals surface area contributed by atoms with E-state index in [4.69, 9.17) is 0 Å². The Hall–Kier alpha value is -0.880. The van der Waals surface area contributed by atoms with Gasteiger partial charge < -0.3 is 0 Å². The van der Waals surface area contributed by atoms with Crippen molar-refractivity contribution in [2.24, 2.45) is 0 Å². The monoisotopic (exact) mass is 275 g/mol. The zero-order chi connectivity index (χ0) is 10.3. The summed E-state index contributed by atoms with van der Waals surface area (Å²) in [5, 5.41) is 0. The van der Waals surface area contributed by atoms with E-state index in [1.165, 1.54) is 0 Å². The molecule has 0 saturated carbocycles. The summed E-state index contributed by atoms with van der Waals surface area (Å²) in [7, 11) is -3.47. The summed E-state index contributed by atoms with van der Waals surface area (Å²) in [5.74, 6) is -0.700. The maximum atomic E-state index is 11.3. The molecular weight excluding hydrogens is 270 g/mol. The van der Waals surface area contributed by atoms with Gasteiger partial charge in [0.25, 0.3) is 5.91 Å². The van der Waals surface area contributed by atoms with Crippen molar-refractivity contribution in [2.45, 2.75) is 5.75 Å². The minimum Gasteiger partial charge on any atom is -0.268 e. The first-order valence-electron chi connectivity index (χ1n) is 3.81. The molecule has 1 aromatic carbocycles. The van der Waals surface area contributed by atoms with Gasteiger partial charge in [-0.05, 0) is 17.7 Å². The van der Waals surface area contributed by atoms with Gasteiger partial charge in [0, 0.05) is 10.0 Å². The van der Waals surface area contributed by atoms with Crippen molar-refractivity contribution in [3.63, 3.8) is 0 Å². The number of rotatable bonds is 0. The number of carbonyl (C=O) groups is 1. The van der Waals surface area contributed by atoms with E-state index in [9.17, 15) is 13.2 Å². The summed E-state index contributed by atoms with van der Waals surface area (Å²) < 4.78 is 25.0. The zero-order valence-electron chi connectivity index (χ0n) is 6.95. The highest BCUT2D eigenvalue weighted by atomic mass is 79.9. The van der Waals surface area contributed by atoms with Crippen molar-refractivity contribution in [1.82, 2.24) is 4.72 Å². The minimum atomic E-state index is -3.47. The second-order valence-electron chi connectivity index (χ2n) is 2.99. The second kappa shape index (κ2) is 3.06. The smallest absolute Gasteiger partial charge is 0.265 e. The third kappa shape index (κ3) is 1.67. The largest absolute Gasteiger partial charge is 0.268 e. The molecule has 0 saturated heterocycles. The van der Waals surface area contributed by atoms with Gasteiger partial charge in [0.1, 0.15) is 0 Å². The lowest BCUT2D eigenvalue weighted by Gasteiger charge is -2.16. The highest BCUT2D eigenvalue weighted by molar-refractivity contribution is 9.10. The molecule has 0 aromatic heterocycles. The Bertz CT molecular complexity index is 509. The fourth-order valence-corrected chi connectivity index (χ4v) is 2.81. The van der Waals surface area contributed by atoms with Crippen molar-refractivity contribution in [3.05, 3.63) is 33.8 Å². The number of hydrogen-bond acceptors (Lipinski definition) is 3. The van der Waals surface area contributed by atoms with Gasteiger partial charge in [-0.3, -0.25) is 4.79 Å². The van der Waals surface area contributed by atoms with Gasteiger partial charge >= 0.3 is 0 Å². The molecule has 4 nitrogen and oxygen atoms in total. The number of carbonyl (C=O) groups excluding carboxylic acids is 1. The van der Waals surface area contributed by atoms with Crippen LogP contribution >= 0.6 is 15.9 Å².